The van der Waals surface area contributed by atoms with Gasteiger partial charge in [-0.1, -0.05) is 0 Å². The monoisotopic (exact) mass is 446 g/mol. The first-order valence-electron chi connectivity index (χ1n) is 9.54. The number of nitrogens with one attached hydrogen (secondary N) is 3. The number of carbonyl (C=O) groups is 6. The Bertz CT molecular complexity index is 671. The second-order valence-corrected chi connectivity index (χ2v) is 6.67. The van der Waals surface area contributed by atoms with Crippen molar-refractivity contribution in [3.8, 4) is 0 Å². The zero-order valence-corrected chi connectivity index (χ0v) is 17.0. The van der Waals surface area contributed by atoms with Crippen LogP contribution >= 0.6 is 0 Å². The fourth-order valence-corrected chi connectivity index (χ4v) is 2.50. The maximum atomic E-state index is 12.6. The highest BCUT2D eigenvalue weighted by molar-refractivity contribution is 5.94. The summed E-state index contributed by atoms with van der Waals surface area (Å²) in [5.41, 5.74) is 15.6. The predicted molar refractivity (Wildman–Crippen MR) is 106 cm³/mol. The number of carboxylic acids is 2. The summed E-state index contributed by atoms with van der Waals surface area (Å²) < 4.78 is 0. The zero-order chi connectivity index (χ0) is 24.0. The summed E-state index contributed by atoms with van der Waals surface area (Å²) in [6.45, 7) is -0.0176. The van der Waals surface area contributed by atoms with Crippen LogP contribution in [0.5, 0.6) is 0 Å². The molecule has 0 bridgehead atoms. The van der Waals surface area contributed by atoms with E-state index in [2.05, 4.69) is 10.6 Å². The summed E-state index contributed by atoms with van der Waals surface area (Å²) in [6, 6.07) is -4.17. The third-order valence-corrected chi connectivity index (χ3v) is 4.08. The minimum atomic E-state index is -1.66. The number of carboxylic acid groups (broad SMARTS) is 2. The third-order valence-electron chi connectivity index (χ3n) is 4.08. The third kappa shape index (κ3) is 12.1. The van der Waals surface area contributed by atoms with Crippen molar-refractivity contribution in [2.24, 2.45) is 17.2 Å². The lowest BCUT2D eigenvalue weighted by molar-refractivity contribution is -0.144. The highest BCUT2D eigenvalue weighted by Gasteiger charge is 2.30. The van der Waals surface area contributed by atoms with Gasteiger partial charge < -0.3 is 43.4 Å². The summed E-state index contributed by atoms with van der Waals surface area (Å²) in [6.07, 6.45) is -0.352. The number of hydrogen-bond acceptors (Lipinski definition) is 8. The van der Waals surface area contributed by atoms with Crippen LogP contribution in [0.15, 0.2) is 0 Å². The molecule has 31 heavy (non-hydrogen) atoms. The van der Waals surface area contributed by atoms with E-state index in [9.17, 15) is 28.8 Å². The molecule has 0 aliphatic heterocycles. The Balaban J connectivity index is 5.41. The Kier molecular flexibility index (Phi) is 13.1. The Labute approximate surface area is 178 Å². The Morgan fingerprint density at radius 2 is 1.32 bits per heavy atom. The van der Waals surface area contributed by atoms with Crippen molar-refractivity contribution < 1.29 is 39.0 Å². The first-order valence-corrected chi connectivity index (χ1v) is 9.54. The average molecular weight is 446 g/mol. The first kappa shape index (κ1) is 27.7. The second kappa shape index (κ2) is 14.7. The van der Waals surface area contributed by atoms with Crippen LogP contribution in [-0.4, -0.2) is 77.0 Å². The van der Waals surface area contributed by atoms with Gasteiger partial charge in [-0.3, -0.25) is 24.0 Å². The van der Waals surface area contributed by atoms with E-state index in [1.807, 2.05) is 5.32 Å². The molecule has 0 rings (SSSR count). The van der Waals surface area contributed by atoms with Gasteiger partial charge in [-0.15, -0.1) is 0 Å². The van der Waals surface area contributed by atoms with Crippen molar-refractivity contribution in [3.63, 3.8) is 0 Å². The summed E-state index contributed by atoms with van der Waals surface area (Å²) in [5.74, 6) is -6.20. The van der Waals surface area contributed by atoms with Crippen molar-refractivity contribution in [1.29, 1.82) is 0 Å². The Morgan fingerprint density at radius 3 is 1.77 bits per heavy atom. The van der Waals surface area contributed by atoms with E-state index in [1.54, 1.807) is 0 Å². The number of rotatable bonds is 16. The van der Waals surface area contributed by atoms with Crippen molar-refractivity contribution in [3.05, 3.63) is 0 Å². The standard InChI is InChI=1S/C17H30N6O8/c18-6-2-1-3-9(21-13(25)8-19)15(28)22-10(4-5-14(26)27)16(29)23-11(17(30)31)7-12(20)24/h9-11H,1-8,18-19H2,(H2,20,24)(H,21,25)(H,22,28)(H,23,29)(H,26,27)(H,30,31). The summed E-state index contributed by atoms with van der Waals surface area (Å²) in [5, 5.41) is 24.8. The molecule has 176 valence electrons. The van der Waals surface area contributed by atoms with E-state index in [1.165, 1.54) is 0 Å². The van der Waals surface area contributed by atoms with Gasteiger partial charge in [0.1, 0.15) is 18.1 Å². The van der Waals surface area contributed by atoms with Gasteiger partial charge in [0.25, 0.3) is 0 Å². The number of amides is 4. The van der Waals surface area contributed by atoms with Crippen molar-refractivity contribution in [1.82, 2.24) is 16.0 Å². The highest BCUT2D eigenvalue weighted by Crippen LogP contribution is 2.05. The average Bonchev–Trinajstić information content (AvgIpc) is 2.68. The lowest BCUT2D eigenvalue weighted by atomic mass is 10.1. The van der Waals surface area contributed by atoms with Gasteiger partial charge in [-0.2, -0.15) is 0 Å². The molecule has 0 heterocycles. The summed E-state index contributed by atoms with van der Waals surface area (Å²) >= 11 is 0. The van der Waals surface area contributed by atoms with Crippen LogP contribution in [0.2, 0.25) is 0 Å². The molecule has 0 spiro atoms. The molecular formula is C17H30N6O8. The van der Waals surface area contributed by atoms with E-state index >= 15 is 0 Å². The van der Waals surface area contributed by atoms with E-state index in [0.29, 0.717) is 19.4 Å². The van der Waals surface area contributed by atoms with E-state index in [-0.39, 0.29) is 19.4 Å². The maximum Gasteiger partial charge on any atom is 0.326 e. The van der Waals surface area contributed by atoms with Crippen LogP contribution < -0.4 is 33.2 Å². The van der Waals surface area contributed by atoms with Gasteiger partial charge in [-0.05, 0) is 32.2 Å². The first-order chi connectivity index (χ1) is 14.5. The predicted octanol–water partition coefficient (Wildman–Crippen LogP) is -3.65. The van der Waals surface area contributed by atoms with Crippen molar-refractivity contribution in [2.75, 3.05) is 13.1 Å². The SMILES string of the molecule is NCCCCC(NC(=O)CN)C(=O)NC(CCC(=O)O)C(=O)NC(CC(N)=O)C(=O)O. The molecule has 14 heteroatoms. The van der Waals surface area contributed by atoms with E-state index in [4.69, 9.17) is 27.4 Å². The van der Waals surface area contributed by atoms with Crippen LogP contribution in [0.3, 0.4) is 0 Å². The van der Waals surface area contributed by atoms with Gasteiger partial charge in [0.15, 0.2) is 0 Å². The largest absolute Gasteiger partial charge is 0.481 e. The van der Waals surface area contributed by atoms with Gasteiger partial charge in [-0.25, -0.2) is 4.79 Å². The van der Waals surface area contributed by atoms with E-state index in [0.717, 1.165) is 0 Å². The number of unbranched alkanes of at least 4 members (excludes halogenated alkanes) is 1. The van der Waals surface area contributed by atoms with Gasteiger partial charge >= 0.3 is 11.9 Å². The fraction of sp³-hybridized carbons (Fsp3) is 0.647. The minimum Gasteiger partial charge on any atom is -0.481 e. The molecule has 0 fully saturated rings. The topological polar surface area (TPSA) is 257 Å². The summed E-state index contributed by atoms with van der Waals surface area (Å²) in [4.78, 5) is 69.9. The molecule has 0 radical (unpaired) electrons. The normalized spacial score (nSPS) is 13.4. The van der Waals surface area contributed by atoms with Crippen molar-refractivity contribution >= 4 is 35.6 Å². The van der Waals surface area contributed by atoms with Crippen LogP contribution in [0, 0.1) is 0 Å². The second-order valence-electron chi connectivity index (χ2n) is 6.67. The zero-order valence-electron chi connectivity index (χ0n) is 17.0. The van der Waals surface area contributed by atoms with Crippen LogP contribution in [0.4, 0.5) is 0 Å². The van der Waals surface area contributed by atoms with Crippen LogP contribution in [-0.2, 0) is 28.8 Å². The van der Waals surface area contributed by atoms with Crippen LogP contribution in [0.1, 0.15) is 38.5 Å². The number of aliphatic carboxylic acids is 2. The molecule has 0 saturated carbocycles. The molecule has 3 atom stereocenters. The van der Waals surface area contributed by atoms with Gasteiger partial charge in [0, 0.05) is 6.42 Å². The molecular weight excluding hydrogens is 416 g/mol. The molecule has 0 aromatic carbocycles. The molecule has 11 N–H and O–H groups in total. The van der Waals surface area contributed by atoms with Gasteiger partial charge in [0.05, 0.1) is 13.0 Å². The summed E-state index contributed by atoms with van der Waals surface area (Å²) in [7, 11) is 0. The lowest BCUT2D eigenvalue weighted by Gasteiger charge is -2.24. The lowest BCUT2D eigenvalue weighted by Crippen LogP contribution is -2.56. The fourth-order valence-electron chi connectivity index (χ4n) is 2.50. The quantitative estimate of drug-likeness (QED) is 0.108. The molecule has 0 aliphatic carbocycles. The molecule has 3 unspecified atom stereocenters. The molecule has 4 amide bonds. The van der Waals surface area contributed by atoms with Gasteiger partial charge in [0.2, 0.25) is 23.6 Å². The molecule has 0 aliphatic rings. The molecule has 0 saturated heterocycles. The van der Waals surface area contributed by atoms with Crippen molar-refractivity contribution in [2.45, 2.75) is 56.7 Å². The van der Waals surface area contributed by atoms with Crippen LogP contribution in [0.25, 0.3) is 0 Å². The molecule has 0 aromatic rings. The highest BCUT2D eigenvalue weighted by atomic mass is 16.4. The minimum absolute atomic E-state index is 0.182. The number of carbonyl (C=O) groups excluding carboxylic acids is 4. The maximum absolute atomic E-state index is 12.6. The number of primary amides is 1. The molecule has 14 nitrogen and oxygen atoms in total. The smallest absolute Gasteiger partial charge is 0.326 e. The Hall–Kier alpha value is -3.26. The van der Waals surface area contributed by atoms with E-state index < -0.39 is 66.5 Å². The molecule has 0 aromatic heterocycles. The Morgan fingerprint density at radius 1 is 0.774 bits per heavy atom. The number of hydrogen-bond donors (Lipinski definition) is 8. The number of nitrogens with two attached hydrogens (primary N) is 3.